The van der Waals surface area contributed by atoms with Gasteiger partial charge in [-0.3, -0.25) is 4.79 Å². The molecule has 2 aromatic rings. The number of ketones is 1. The predicted octanol–water partition coefficient (Wildman–Crippen LogP) is 3.06. The molecular formula is C18H18O3. The lowest BCUT2D eigenvalue weighted by molar-refractivity contribution is 0.0854. The molecule has 1 aliphatic rings. The summed E-state index contributed by atoms with van der Waals surface area (Å²) in [6, 6.07) is 11.9. The zero-order valence-electron chi connectivity index (χ0n) is 12.0. The summed E-state index contributed by atoms with van der Waals surface area (Å²) >= 11 is 0. The minimum absolute atomic E-state index is 0.0379. The largest absolute Gasteiger partial charge is 0.396 e. The van der Waals surface area contributed by atoms with E-state index >= 15 is 0 Å². The van der Waals surface area contributed by atoms with E-state index in [4.69, 9.17) is 9.84 Å². The van der Waals surface area contributed by atoms with Crippen molar-refractivity contribution in [1.82, 2.24) is 0 Å². The van der Waals surface area contributed by atoms with Crippen LogP contribution in [0.2, 0.25) is 0 Å². The molecular weight excluding hydrogens is 264 g/mol. The summed E-state index contributed by atoms with van der Waals surface area (Å²) < 4.78 is 5.56. The second kappa shape index (κ2) is 5.80. The van der Waals surface area contributed by atoms with Crippen molar-refractivity contribution in [3.05, 3.63) is 53.1 Å². The van der Waals surface area contributed by atoms with E-state index in [1.807, 2.05) is 49.4 Å². The Hall–Kier alpha value is -1.97. The van der Waals surface area contributed by atoms with Gasteiger partial charge in [0.25, 0.3) is 0 Å². The molecule has 0 saturated heterocycles. The van der Waals surface area contributed by atoms with E-state index in [9.17, 15) is 4.79 Å². The van der Waals surface area contributed by atoms with Gasteiger partial charge in [0.15, 0.2) is 5.78 Å². The highest BCUT2D eigenvalue weighted by atomic mass is 16.5. The highest BCUT2D eigenvalue weighted by Crippen LogP contribution is 2.31. The summed E-state index contributed by atoms with van der Waals surface area (Å²) in [5, 5.41) is 11.1. The molecule has 0 spiro atoms. The van der Waals surface area contributed by atoms with Gasteiger partial charge in [-0.1, -0.05) is 43.3 Å². The highest BCUT2D eigenvalue weighted by Gasteiger charge is 2.21. The van der Waals surface area contributed by atoms with E-state index in [1.165, 1.54) is 0 Å². The molecule has 2 aromatic carbocycles. The predicted molar refractivity (Wildman–Crippen MR) is 83.3 cm³/mol. The van der Waals surface area contributed by atoms with Gasteiger partial charge in [0.05, 0.1) is 13.2 Å². The smallest absolute Gasteiger partial charge is 0.192 e. The van der Waals surface area contributed by atoms with Crippen molar-refractivity contribution in [3.8, 4) is 0 Å². The molecule has 0 saturated carbocycles. The van der Waals surface area contributed by atoms with E-state index in [-0.39, 0.29) is 24.9 Å². The average molecular weight is 282 g/mol. The van der Waals surface area contributed by atoms with E-state index in [0.717, 1.165) is 21.9 Å². The monoisotopic (exact) mass is 282 g/mol. The van der Waals surface area contributed by atoms with Crippen LogP contribution in [0.1, 0.15) is 22.8 Å². The first kappa shape index (κ1) is 14.0. The number of benzene rings is 2. The van der Waals surface area contributed by atoms with Gasteiger partial charge in [-0.2, -0.15) is 0 Å². The van der Waals surface area contributed by atoms with Crippen LogP contribution in [0.5, 0.6) is 0 Å². The van der Waals surface area contributed by atoms with Gasteiger partial charge in [0.1, 0.15) is 0 Å². The molecule has 0 amide bonds. The molecule has 1 aliphatic carbocycles. The fourth-order valence-electron chi connectivity index (χ4n) is 2.64. The number of hydrogen-bond donors (Lipinski definition) is 1. The minimum Gasteiger partial charge on any atom is -0.396 e. The number of carbonyl (C=O) groups is 1. The Morgan fingerprint density at radius 3 is 2.71 bits per heavy atom. The third kappa shape index (κ3) is 2.62. The van der Waals surface area contributed by atoms with Gasteiger partial charge in [-0.25, -0.2) is 0 Å². The quantitative estimate of drug-likeness (QED) is 0.916. The molecule has 0 aromatic heterocycles. The van der Waals surface area contributed by atoms with Crippen LogP contribution in [-0.2, 0) is 4.74 Å². The van der Waals surface area contributed by atoms with Gasteiger partial charge in [0, 0.05) is 29.0 Å². The maximum atomic E-state index is 12.6. The van der Waals surface area contributed by atoms with E-state index in [2.05, 4.69) is 0 Å². The first-order chi connectivity index (χ1) is 10.2. The molecule has 0 aliphatic heterocycles. The van der Waals surface area contributed by atoms with Crippen LogP contribution < -0.4 is 0 Å². The van der Waals surface area contributed by atoms with Crippen molar-refractivity contribution in [2.45, 2.75) is 6.92 Å². The number of Topliss-reactive ketones (excluding diaryl/α,β-unsaturated/α-hetero) is 1. The van der Waals surface area contributed by atoms with Crippen LogP contribution in [0.3, 0.4) is 0 Å². The first-order valence-electron chi connectivity index (χ1n) is 7.16. The standard InChI is InChI=1S/C18H18O3/c1-12(9-19)10-21-11-15-8-14-6-2-4-13-5-3-7-16(17(13)14)18(15)20/h2-8,12,19H,9-11H2,1H3. The number of hydrogen-bond acceptors (Lipinski definition) is 3. The third-order valence-electron chi connectivity index (χ3n) is 3.77. The van der Waals surface area contributed by atoms with Crippen molar-refractivity contribution in [2.75, 3.05) is 19.8 Å². The molecule has 0 radical (unpaired) electrons. The summed E-state index contributed by atoms with van der Waals surface area (Å²) in [4.78, 5) is 12.6. The summed E-state index contributed by atoms with van der Waals surface area (Å²) in [5.74, 6) is 0.121. The summed E-state index contributed by atoms with van der Waals surface area (Å²) in [5.41, 5.74) is 2.49. The molecule has 1 N–H and O–H groups in total. The van der Waals surface area contributed by atoms with Gasteiger partial charge in [0.2, 0.25) is 0 Å². The molecule has 3 rings (SSSR count). The van der Waals surface area contributed by atoms with Crippen molar-refractivity contribution in [1.29, 1.82) is 0 Å². The minimum atomic E-state index is 0.0379. The Bertz CT molecular complexity index is 710. The fraction of sp³-hybridized carbons (Fsp3) is 0.278. The topological polar surface area (TPSA) is 46.5 Å². The summed E-state index contributed by atoms with van der Waals surface area (Å²) in [6.07, 6.45) is 1.92. The van der Waals surface area contributed by atoms with Crippen LogP contribution in [0.15, 0.2) is 42.0 Å². The maximum Gasteiger partial charge on any atom is 0.192 e. The first-order valence-corrected chi connectivity index (χ1v) is 7.16. The number of ether oxygens (including phenoxy) is 1. The normalized spacial score (nSPS) is 15.1. The molecule has 108 valence electrons. The second-order valence-corrected chi connectivity index (χ2v) is 5.55. The molecule has 21 heavy (non-hydrogen) atoms. The molecule has 0 bridgehead atoms. The summed E-state index contributed by atoms with van der Waals surface area (Å²) in [6.45, 7) is 2.74. The molecule has 3 heteroatoms. The second-order valence-electron chi connectivity index (χ2n) is 5.55. The number of aliphatic hydroxyl groups excluding tert-OH is 1. The number of carbonyl (C=O) groups excluding carboxylic acids is 1. The van der Waals surface area contributed by atoms with Gasteiger partial charge < -0.3 is 9.84 Å². The maximum absolute atomic E-state index is 12.6. The Balaban J connectivity index is 1.89. The van der Waals surface area contributed by atoms with Crippen LogP contribution in [-0.4, -0.2) is 30.7 Å². The van der Waals surface area contributed by atoms with Crippen molar-refractivity contribution < 1.29 is 14.6 Å². The number of rotatable bonds is 5. The van der Waals surface area contributed by atoms with Crippen LogP contribution in [0.4, 0.5) is 0 Å². The fourth-order valence-corrected chi connectivity index (χ4v) is 2.64. The van der Waals surface area contributed by atoms with Crippen LogP contribution >= 0.6 is 0 Å². The lowest BCUT2D eigenvalue weighted by Crippen LogP contribution is -2.16. The van der Waals surface area contributed by atoms with E-state index in [0.29, 0.717) is 12.2 Å². The molecule has 0 heterocycles. The molecule has 1 unspecified atom stereocenters. The molecule has 0 fully saturated rings. The Morgan fingerprint density at radius 1 is 1.19 bits per heavy atom. The Kier molecular flexibility index (Phi) is 3.86. The molecule has 3 nitrogen and oxygen atoms in total. The van der Waals surface area contributed by atoms with Crippen molar-refractivity contribution in [2.24, 2.45) is 5.92 Å². The van der Waals surface area contributed by atoms with Crippen LogP contribution in [0, 0.1) is 5.92 Å². The van der Waals surface area contributed by atoms with Gasteiger partial charge in [-0.05, 0) is 17.0 Å². The van der Waals surface area contributed by atoms with Crippen molar-refractivity contribution >= 4 is 22.6 Å². The van der Waals surface area contributed by atoms with Crippen LogP contribution in [0.25, 0.3) is 16.8 Å². The molecule has 1 atom stereocenters. The summed E-state index contributed by atoms with van der Waals surface area (Å²) in [7, 11) is 0. The van der Waals surface area contributed by atoms with Gasteiger partial charge in [-0.15, -0.1) is 0 Å². The number of aliphatic hydroxyl groups is 1. The van der Waals surface area contributed by atoms with Crippen molar-refractivity contribution in [3.63, 3.8) is 0 Å². The highest BCUT2D eigenvalue weighted by molar-refractivity contribution is 6.22. The zero-order chi connectivity index (χ0) is 14.8. The van der Waals surface area contributed by atoms with E-state index < -0.39 is 0 Å². The van der Waals surface area contributed by atoms with Gasteiger partial charge >= 0.3 is 0 Å². The average Bonchev–Trinajstić information content (AvgIpc) is 2.51. The lowest BCUT2D eigenvalue weighted by atomic mass is 9.88. The Labute approximate surface area is 123 Å². The lowest BCUT2D eigenvalue weighted by Gasteiger charge is -2.17. The Morgan fingerprint density at radius 2 is 1.95 bits per heavy atom. The van der Waals surface area contributed by atoms with E-state index in [1.54, 1.807) is 0 Å². The SMILES string of the molecule is CC(CO)COCC1=Cc2cccc3cccc(c23)C1=O. The zero-order valence-corrected chi connectivity index (χ0v) is 12.0. The third-order valence-corrected chi connectivity index (χ3v) is 3.77.